The molecule has 2 aromatic rings. The maximum Gasteiger partial charge on any atom is 0.261 e. The van der Waals surface area contributed by atoms with Crippen LogP contribution < -0.4 is 10.1 Å². The number of carbonyl (C=O) groups is 1. The number of para-hydroxylation sites is 1. The van der Waals surface area contributed by atoms with Gasteiger partial charge in [-0.05, 0) is 74.8 Å². The molecule has 3 rings (SSSR count). The third-order valence-electron chi connectivity index (χ3n) is 5.00. The number of fused-ring (bicyclic) bond motifs is 1. The molecule has 1 aliphatic rings. The van der Waals surface area contributed by atoms with Gasteiger partial charge < -0.3 is 10.1 Å². The van der Waals surface area contributed by atoms with Crippen molar-refractivity contribution >= 4 is 5.91 Å². The average molecular weight is 337 g/mol. The molecule has 2 aromatic carbocycles. The standard InChI is InChI=1S/C22H27NO2/c1-15-8-4-7-11-21(15)25-17(3)22(24)23-16(2)19-13-12-18-9-5-6-10-20(18)14-19/h4,7-8,11-14,16-17H,5-6,9-10H2,1-3H3,(H,23,24)/t16-,17+/m0/s1. The Morgan fingerprint density at radius 1 is 1.04 bits per heavy atom. The van der Waals surface area contributed by atoms with Crippen LogP contribution in [0.2, 0.25) is 0 Å². The molecule has 0 aliphatic heterocycles. The fraction of sp³-hybridized carbons (Fsp3) is 0.409. The first kappa shape index (κ1) is 17.5. The lowest BCUT2D eigenvalue weighted by atomic mass is 9.89. The van der Waals surface area contributed by atoms with Gasteiger partial charge in [-0.2, -0.15) is 0 Å². The van der Waals surface area contributed by atoms with E-state index in [-0.39, 0.29) is 11.9 Å². The Balaban J connectivity index is 1.63. The van der Waals surface area contributed by atoms with Crippen LogP contribution in [-0.2, 0) is 17.6 Å². The van der Waals surface area contributed by atoms with Crippen LogP contribution in [0.15, 0.2) is 42.5 Å². The van der Waals surface area contributed by atoms with Crippen molar-refractivity contribution in [2.75, 3.05) is 0 Å². The van der Waals surface area contributed by atoms with Crippen LogP contribution in [0.3, 0.4) is 0 Å². The minimum absolute atomic E-state index is 0.0253. The lowest BCUT2D eigenvalue weighted by molar-refractivity contribution is -0.127. The summed E-state index contributed by atoms with van der Waals surface area (Å²) >= 11 is 0. The highest BCUT2D eigenvalue weighted by molar-refractivity contribution is 5.81. The van der Waals surface area contributed by atoms with Crippen LogP contribution in [0.25, 0.3) is 0 Å². The number of aryl methyl sites for hydroxylation is 3. The number of benzene rings is 2. The summed E-state index contributed by atoms with van der Waals surface area (Å²) in [6.45, 7) is 5.81. The summed E-state index contributed by atoms with van der Waals surface area (Å²) in [4.78, 5) is 12.5. The number of carbonyl (C=O) groups excluding carboxylic acids is 1. The highest BCUT2D eigenvalue weighted by Gasteiger charge is 2.19. The van der Waals surface area contributed by atoms with E-state index in [0.717, 1.165) is 23.3 Å². The van der Waals surface area contributed by atoms with Gasteiger partial charge in [-0.3, -0.25) is 4.79 Å². The molecule has 0 bridgehead atoms. The van der Waals surface area contributed by atoms with E-state index in [1.54, 1.807) is 6.92 Å². The van der Waals surface area contributed by atoms with Crippen LogP contribution in [-0.4, -0.2) is 12.0 Å². The quantitative estimate of drug-likeness (QED) is 0.871. The number of amides is 1. The van der Waals surface area contributed by atoms with Gasteiger partial charge in [0.25, 0.3) is 5.91 Å². The monoisotopic (exact) mass is 337 g/mol. The minimum Gasteiger partial charge on any atom is -0.481 e. The molecular formula is C22H27NO2. The van der Waals surface area contributed by atoms with E-state index in [2.05, 4.69) is 23.5 Å². The van der Waals surface area contributed by atoms with Gasteiger partial charge >= 0.3 is 0 Å². The molecule has 0 saturated heterocycles. The molecule has 0 saturated carbocycles. The predicted octanol–water partition coefficient (Wildman–Crippen LogP) is 4.52. The van der Waals surface area contributed by atoms with E-state index in [0.29, 0.717) is 0 Å². The summed E-state index contributed by atoms with van der Waals surface area (Å²) in [6, 6.07) is 14.4. The first-order valence-corrected chi connectivity index (χ1v) is 9.19. The predicted molar refractivity (Wildman–Crippen MR) is 101 cm³/mol. The Kier molecular flexibility index (Phi) is 5.42. The van der Waals surface area contributed by atoms with E-state index in [9.17, 15) is 4.79 Å². The molecule has 1 amide bonds. The van der Waals surface area contributed by atoms with Crippen molar-refractivity contribution in [3.8, 4) is 5.75 Å². The van der Waals surface area contributed by atoms with Gasteiger partial charge in [0.05, 0.1) is 6.04 Å². The van der Waals surface area contributed by atoms with Crippen molar-refractivity contribution in [2.45, 2.75) is 58.6 Å². The minimum atomic E-state index is -0.527. The molecule has 25 heavy (non-hydrogen) atoms. The second kappa shape index (κ2) is 7.73. The summed E-state index contributed by atoms with van der Waals surface area (Å²) in [7, 11) is 0. The van der Waals surface area contributed by atoms with Crippen molar-refractivity contribution in [3.63, 3.8) is 0 Å². The summed E-state index contributed by atoms with van der Waals surface area (Å²) < 4.78 is 5.82. The van der Waals surface area contributed by atoms with Gasteiger partial charge in [0.2, 0.25) is 0 Å². The van der Waals surface area contributed by atoms with E-state index >= 15 is 0 Å². The summed E-state index contributed by atoms with van der Waals surface area (Å²) in [5.41, 5.74) is 5.10. The summed E-state index contributed by atoms with van der Waals surface area (Å²) in [5, 5.41) is 3.08. The zero-order valence-electron chi connectivity index (χ0n) is 15.3. The highest BCUT2D eigenvalue weighted by atomic mass is 16.5. The van der Waals surface area contributed by atoms with Crippen LogP contribution in [0.4, 0.5) is 0 Å². The SMILES string of the molecule is Cc1ccccc1O[C@H](C)C(=O)N[C@@H](C)c1ccc2c(c1)CCCC2. The van der Waals surface area contributed by atoms with Crippen molar-refractivity contribution in [3.05, 3.63) is 64.7 Å². The molecule has 132 valence electrons. The second-order valence-corrected chi connectivity index (χ2v) is 6.99. The molecule has 3 nitrogen and oxygen atoms in total. The van der Waals surface area contributed by atoms with Gasteiger partial charge in [-0.15, -0.1) is 0 Å². The van der Waals surface area contributed by atoms with Crippen molar-refractivity contribution in [1.82, 2.24) is 5.32 Å². The molecule has 0 radical (unpaired) electrons. The lowest BCUT2D eigenvalue weighted by Gasteiger charge is -2.22. The van der Waals surface area contributed by atoms with Crippen LogP contribution in [0.5, 0.6) is 5.75 Å². The van der Waals surface area contributed by atoms with Crippen LogP contribution in [0, 0.1) is 6.92 Å². The molecule has 1 aliphatic carbocycles. The summed E-state index contributed by atoms with van der Waals surface area (Å²) in [6.07, 6.45) is 4.35. The first-order valence-electron chi connectivity index (χ1n) is 9.19. The maximum absolute atomic E-state index is 12.5. The molecule has 0 unspecified atom stereocenters. The number of hydrogen-bond donors (Lipinski definition) is 1. The molecule has 0 aromatic heterocycles. The zero-order chi connectivity index (χ0) is 17.8. The second-order valence-electron chi connectivity index (χ2n) is 6.99. The molecule has 2 atom stereocenters. The summed E-state index contributed by atoms with van der Waals surface area (Å²) in [5.74, 6) is 0.667. The van der Waals surface area contributed by atoms with E-state index in [1.807, 2.05) is 38.1 Å². The topological polar surface area (TPSA) is 38.3 Å². The third-order valence-corrected chi connectivity index (χ3v) is 5.00. The van der Waals surface area contributed by atoms with Gasteiger partial charge in [-0.1, -0.05) is 36.4 Å². The Morgan fingerprint density at radius 3 is 2.52 bits per heavy atom. The Hall–Kier alpha value is -2.29. The average Bonchev–Trinajstić information content (AvgIpc) is 2.63. The maximum atomic E-state index is 12.5. The fourth-order valence-electron chi connectivity index (χ4n) is 3.37. The normalized spacial score (nSPS) is 15.8. The van der Waals surface area contributed by atoms with Gasteiger partial charge in [0.15, 0.2) is 6.10 Å². The Bertz CT molecular complexity index is 753. The van der Waals surface area contributed by atoms with Gasteiger partial charge in [-0.25, -0.2) is 0 Å². The first-order chi connectivity index (χ1) is 12.0. The van der Waals surface area contributed by atoms with Crippen molar-refractivity contribution < 1.29 is 9.53 Å². The smallest absolute Gasteiger partial charge is 0.261 e. The number of nitrogens with one attached hydrogen (secondary N) is 1. The number of ether oxygens (including phenoxy) is 1. The molecule has 0 spiro atoms. The van der Waals surface area contributed by atoms with E-state index in [1.165, 1.54) is 30.4 Å². The van der Waals surface area contributed by atoms with Crippen LogP contribution in [0.1, 0.15) is 55.0 Å². The Morgan fingerprint density at radius 2 is 1.76 bits per heavy atom. The van der Waals surface area contributed by atoms with Crippen molar-refractivity contribution in [2.24, 2.45) is 0 Å². The largest absolute Gasteiger partial charge is 0.481 e. The van der Waals surface area contributed by atoms with Crippen molar-refractivity contribution in [1.29, 1.82) is 0 Å². The van der Waals surface area contributed by atoms with Gasteiger partial charge in [0.1, 0.15) is 5.75 Å². The zero-order valence-corrected chi connectivity index (χ0v) is 15.3. The Labute approximate surface area is 150 Å². The van der Waals surface area contributed by atoms with E-state index in [4.69, 9.17) is 4.74 Å². The molecule has 0 heterocycles. The number of rotatable bonds is 5. The fourth-order valence-corrected chi connectivity index (χ4v) is 3.37. The van der Waals surface area contributed by atoms with Gasteiger partial charge in [0, 0.05) is 0 Å². The highest BCUT2D eigenvalue weighted by Crippen LogP contribution is 2.25. The number of hydrogen-bond acceptors (Lipinski definition) is 2. The third kappa shape index (κ3) is 4.22. The molecular weight excluding hydrogens is 310 g/mol. The molecule has 3 heteroatoms. The van der Waals surface area contributed by atoms with Crippen LogP contribution >= 0.6 is 0 Å². The molecule has 0 fully saturated rings. The van der Waals surface area contributed by atoms with E-state index < -0.39 is 6.10 Å². The lowest BCUT2D eigenvalue weighted by Crippen LogP contribution is -2.37. The molecule has 1 N–H and O–H groups in total.